The highest BCUT2D eigenvalue weighted by atomic mass is 35.5. The molecule has 0 aromatic heterocycles. The van der Waals surface area contributed by atoms with E-state index in [0.29, 0.717) is 24.5 Å². The van der Waals surface area contributed by atoms with E-state index in [4.69, 9.17) is 21.1 Å². The zero-order valence-corrected chi connectivity index (χ0v) is 34.8. The van der Waals surface area contributed by atoms with Crippen molar-refractivity contribution in [2.45, 2.75) is 89.4 Å². The van der Waals surface area contributed by atoms with E-state index >= 15 is 0 Å². The number of benzene rings is 2. The molecule has 1 N–H and O–H groups in total. The highest BCUT2D eigenvalue weighted by molar-refractivity contribution is 7.90. The van der Waals surface area contributed by atoms with Gasteiger partial charge in [0.25, 0.3) is 5.91 Å². The summed E-state index contributed by atoms with van der Waals surface area (Å²) < 4.78 is 43.1. The Morgan fingerprint density at radius 2 is 1.80 bits per heavy atom. The Hall–Kier alpha value is -2.63. The van der Waals surface area contributed by atoms with Crippen LogP contribution in [-0.2, 0) is 26.6 Å². The number of ether oxygens (including phenoxy) is 2. The van der Waals surface area contributed by atoms with Gasteiger partial charge in [-0.05, 0) is 110 Å². The first-order valence-corrected chi connectivity index (χ1v) is 22.1. The maximum atomic E-state index is 13.7. The van der Waals surface area contributed by atoms with Gasteiger partial charge >= 0.3 is 0 Å². The van der Waals surface area contributed by atoms with Crippen molar-refractivity contribution in [3.63, 3.8) is 0 Å². The van der Waals surface area contributed by atoms with E-state index in [0.717, 1.165) is 101 Å². The normalized spacial score (nSPS) is 32.7. The van der Waals surface area contributed by atoms with Crippen molar-refractivity contribution in [3.05, 3.63) is 70.3 Å². The Kier molecular flexibility index (Phi) is 11.3. The van der Waals surface area contributed by atoms with Crippen molar-refractivity contribution >= 4 is 33.2 Å². The van der Waals surface area contributed by atoms with Crippen molar-refractivity contribution in [3.8, 4) is 5.75 Å². The maximum absolute atomic E-state index is 13.7. The summed E-state index contributed by atoms with van der Waals surface area (Å²) in [5, 5.41) is -0.0245. The maximum Gasteiger partial charge on any atom is 0.264 e. The van der Waals surface area contributed by atoms with Crippen molar-refractivity contribution < 1.29 is 22.7 Å². The zero-order valence-electron chi connectivity index (χ0n) is 33.2. The van der Waals surface area contributed by atoms with E-state index in [-0.39, 0.29) is 22.7 Å². The minimum Gasteiger partial charge on any atom is -0.490 e. The van der Waals surface area contributed by atoms with E-state index in [9.17, 15) is 13.2 Å². The number of nitrogens with one attached hydrogen (secondary N) is 1. The van der Waals surface area contributed by atoms with Crippen LogP contribution in [0.15, 0.2) is 48.6 Å². The van der Waals surface area contributed by atoms with Gasteiger partial charge in [-0.15, -0.1) is 0 Å². The summed E-state index contributed by atoms with van der Waals surface area (Å²) >= 11 is 6.51. The molecule has 6 atom stereocenters. The third kappa shape index (κ3) is 8.11. The molecule has 2 aromatic carbocycles. The molecule has 1 spiro atoms. The molecule has 2 aromatic rings. The lowest BCUT2D eigenvalue weighted by Crippen LogP contribution is -2.59. The Bertz CT molecular complexity index is 1840. The number of anilines is 1. The number of rotatable bonds is 4. The van der Waals surface area contributed by atoms with Crippen LogP contribution < -0.4 is 14.4 Å². The number of amides is 1. The molecule has 11 heteroatoms. The van der Waals surface area contributed by atoms with E-state index in [1.807, 2.05) is 32.2 Å². The minimum absolute atomic E-state index is 0.215. The van der Waals surface area contributed by atoms with E-state index in [2.05, 4.69) is 64.5 Å². The topological polar surface area (TPSA) is 91.4 Å². The Labute approximate surface area is 328 Å². The molecule has 9 nitrogen and oxygen atoms in total. The molecule has 296 valence electrons. The second kappa shape index (κ2) is 15.4. The Balaban J connectivity index is 1.26. The summed E-state index contributed by atoms with van der Waals surface area (Å²) in [6.45, 7) is 18.5. The largest absolute Gasteiger partial charge is 0.490 e. The second-order valence-electron chi connectivity index (χ2n) is 18.3. The standard InChI is InChI=1S/C43H61ClN4O5S/c1-30-9-7-18-43(52-6,28-47-21-19-46(20-22-47)26-41(3,4)5)37-14-11-34(37)25-48-27-42(17-8-10-32-23-35(44)13-15-36(32)42)29-53-39-16-12-33(24-38(39)48)40(49)45-54(50,51)31(30)2/h7,12-13,15-16,18,23-24,30-31,34,37H,8-11,14,17,19-22,25-29H2,1-6H3,(H,45,49)/b18-7-/t30-,31+,34-,37+,42-,43-/m0/s1. The van der Waals surface area contributed by atoms with Crippen LogP contribution in [-0.4, -0.2) is 101 Å². The molecule has 1 saturated carbocycles. The Morgan fingerprint density at radius 3 is 2.50 bits per heavy atom. The van der Waals surface area contributed by atoms with Gasteiger partial charge in [0, 0.05) is 75.5 Å². The summed E-state index contributed by atoms with van der Waals surface area (Å²) in [6.07, 6.45) is 10.1. The molecule has 3 aliphatic heterocycles. The Morgan fingerprint density at radius 1 is 1.04 bits per heavy atom. The summed E-state index contributed by atoms with van der Waals surface area (Å²) in [5.41, 5.74) is 3.18. The third-order valence-electron chi connectivity index (χ3n) is 13.2. The average molecular weight is 782 g/mol. The quantitative estimate of drug-likeness (QED) is 0.335. The van der Waals surface area contributed by atoms with Crippen LogP contribution in [0.3, 0.4) is 0 Å². The van der Waals surface area contributed by atoms with Crippen LogP contribution in [0.1, 0.15) is 88.2 Å². The van der Waals surface area contributed by atoms with Gasteiger partial charge in [0.15, 0.2) is 0 Å². The van der Waals surface area contributed by atoms with Crippen molar-refractivity contribution in [1.82, 2.24) is 14.5 Å². The van der Waals surface area contributed by atoms with Gasteiger partial charge in [0.05, 0.1) is 17.5 Å². The van der Waals surface area contributed by atoms with Crippen molar-refractivity contribution in [2.75, 3.05) is 71.0 Å². The number of carbonyl (C=O) groups is 1. The number of fused-ring (bicyclic) bond motifs is 4. The van der Waals surface area contributed by atoms with Gasteiger partial charge < -0.3 is 19.3 Å². The molecule has 2 bridgehead atoms. The first kappa shape index (κ1) is 39.6. The zero-order chi connectivity index (χ0) is 38.5. The first-order chi connectivity index (χ1) is 25.6. The highest BCUT2D eigenvalue weighted by Crippen LogP contribution is 2.49. The summed E-state index contributed by atoms with van der Waals surface area (Å²) in [5.74, 6) is 0.502. The van der Waals surface area contributed by atoms with Crippen molar-refractivity contribution in [2.24, 2.45) is 23.2 Å². The molecule has 54 heavy (non-hydrogen) atoms. The lowest BCUT2D eigenvalue weighted by Gasteiger charge is -2.52. The van der Waals surface area contributed by atoms with Gasteiger partial charge in [-0.3, -0.25) is 9.69 Å². The number of methoxy groups -OCH3 is 1. The molecular weight excluding hydrogens is 720 g/mol. The van der Waals surface area contributed by atoms with Gasteiger partial charge in [-0.1, -0.05) is 57.5 Å². The monoisotopic (exact) mass is 780 g/mol. The molecular formula is C43H61ClN4O5S. The number of nitrogens with zero attached hydrogens (tertiary/aromatic N) is 3. The minimum atomic E-state index is -3.95. The summed E-state index contributed by atoms with van der Waals surface area (Å²) in [6, 6.07) is 11.7. The molecule has 1 saturated heterocycles. The lowest BCUT2D eigenvalue weighted by molar-refractivity contribution is -0.0959. The molecule has 0 radical (unpaired) electrons. The van der Waals surface area contributed by atoms with Crippen LogP contribution in [0.4, 0.5) is 5.69 Å². The average Bonchev–Trinajstić information content (AvgIpc) is 3.25. The fourth-order valence-electron chi connectivity index (χ4n) is 9.93. The number of halogens is 1. The fourth-order valence-corrected chi connectivity index (χ4v) is 11.4. The lowest BCUT2D eigenvalue weighted by atomic mass is 9.63. The van der Waals surface area contributed by atoms with Crippen LogP contribution in [0, 0.1) is 23.2 Å². The highest BCUT2D eigenvalue weighted by Gasteiger charge is 2.50. The van der Waals surface area contributed by atoms with Gasteiger partial charge in [-0.2, -0.15) is 0 Å². The smallest absolute Gasteiger partial charge is 0.264 e. The van der Waals surface area contributed by atoms with Crippen LogP contribution in [0.25, 0.3) is 0 Å². The van der Waals surface area contributed by atoms with Gasteiger partial charge in [0.1, 0.15) is 11.4 Å². The summed E-state index contributed by atoms with van der Waals surface area (Å²) in [7, 11) is -2.09. The molecule has 2 fully saturated rings. The van der Waals surface area contributed by atoms with E-state index in [1.165, 1.54) is 11.1 Å². The predicted octanol–water partition coefficient (Wildman–Crippen LogP) is 6.93. The van der Waals surface area contributed by atoms with Gasteiger partial charge in [0.2, 0.25) is 10.0 Å². The van der Waals surface area contributed by atoms with Crippen LogP contribution in [0.5, 0.6) is 5.75 Å². The van der Waals surface area contributed by atoms with Crippen LogP contribution >= 0.6 is 11.6 Å². The third-order valence-corrected chi connectivity index (χ3v) is 15.4. The number of sulfonamides is 1. The fraction of sp³-hybridized carbons (Fsp3) is 0.651. The van der Waals surface area contributed by atoms with Gasteiger partial charge in [-0.25, -0.2) is 13.1 Å². The second-order valence-corrected chi connectivity index (χ2v) is 20.8. The van der Waals surface area contributed by atoms with E-state index < -0.39 is 26.8 Å². The molecule has 0 unspecified atom stereocenters. The first-order valence-electron chi connectivity index (χ1n) is 20.1. The number of aryl methyl sites for hydroxylation is 1. The summed E-state index contributed by atoms with van der Waals surface area (Å²) in [4.78, 5) is 21.3. The molecule has 3 heterocycles. The SMILES string of the molecule is CO[C@]1(CN2CCN(CC(C)(C)C)CC2)/C=C\C[C@H](C)[C@@H](C)S(=O)(=O)NC(=O)c2ccc3c(c2)N(C[C@@H]2CC[C@H]21)C[C@@]1(CCCc2cc(Cl)ccc21)CO3. The number of piperazine rings is 1. The number of hydrogen-bond donors (Lipinski definition) is 1. The molecule has 2 aliphatic carbocycles. The predicted molar refractivity (Wildman–Crippen MR) is 217 cm³/mol. The number of allylic oxidation sites excluding steroid dienone is 1. The molecule has 7 rings (SSSR count). The van der Waals surface area contributed by atoms with Crippen molar-refractivity contribution in [1.29, 1.82) is 0 Å². The number of carbonyl (C=O) groups excluding carboxylic acids is 1. The van der Waals surface area contributed by atoms with Crippen LogP contribution in [0.2, 0.25) is 5.02 Å². The van der Waals surface area contributed by atoms with E-state index in [1.54, 1.807) is 13.0 Å². The molecule has 5 aliphatic rings. The molecule has 1 amide bonds. The number of hydrogen-bond acceptors (Lipinski definition) is 8.